The fraction of sp³-hybridized carbons (Fsp3) is 0.950. The van der Waals surface area contributed by atoms with E-state index in [0.717, 1.165) is 6.42 Å². The van der Waals surface area contributed by atoms with E-state index >= 15 is 0 Å². The summed E-state index contributed by atoms with van der Waals surface area (Å²) in [4.78, 5) is 11.8. The van der Waals surface area contributed by atoms with Gasteiger partial charge in [-0.15, -0.1) is 0 Å². The van der Waals surface area contributed by atoms with Crippen LogP contribution in [0.5, 0.6) is 0 Å². The minimum Gasteiger partial charge on any atom is -0.394 e. The highest BCUT2D eigenvalue weighted by molar-refractivity contribution is 5.76. The molecule has 0 bridgehead atoms. The van der Waals surface area contributed by atoms with Gasteiger partial charge in [-0.05, 0) is 6.42 Å². The number of rotatable bonds is 15. The molecule has 0 saturated carbocycles. The smallest absolute Gasteiger partial charge is 0.222 e. The van der Waals surface area contributed by atoms with Crippen molar-refractivity contribution in [2.75, 3.05) is 13.2 Å². The van der Waals surface area contributed by atoms with E-state index in [1.165, 1.54) is 64.2 Å². The average Bonchev–Trinajstić information content (AvgIpc) is 2.95. The van der Waals surface area contributed by atoms with Gasteiger partial charge < -0.3 is 20.3 Å². The normalized spacial score (nSPS) is 23.1. The Morgan fingerprint density at radius 3 is 2.08 bits per heavy atom. The number of unbranched alkanes of at least 4 members (excludes halogenated alkanes) is 10. The van der Waals surface area contributed by atoms with Gasteiger partial charge in [-0.2, -0.15) is 0 Å². The maximum absolute atomic E-state index is 11.8. The Balaban J connectivity index is 1.86. The quantitative estimate of drug-likeness (QED) is 0.393. The van der Waals surface area contributed by atoms with E-state index in [0.29, 0.717) is 13.0 Å². The Morgan fingerprint density at radius 2 is 1.56 bits per heavy atom. The zero-order chi connectivity index (χ0) is 18.3. The van der Waals surface area contributed by atoms with Crippen LogP contribution >= 0.6 is 0 Å². The Bertz CT molecular complexity index is 338. The topological polar surface area (TPSA) is 78.8 Å². The lowest BCUT2D eigenvalue weighted by molar-refractivity contribution is -0.124. The number of ether oxygens (including phenoxy) is 1. The predicted octanol–water partition coefficient (Wildman–Crippen LogP) is 3.31. The zero-order valence-electron chi connectivity index (χ0n) is 16.0. The van der Waals surface area contributed by atoms with Gasteiger partial charge in [0.1, 0.15) is 6.10 Å². The van der Waals surface area contributed by atoms with Crippen molar-refractivity contribution in [3.05, 3.63) is 0 Å². The fourth-order valence-electron chi connectivity index (χ4n) is 3.41. The summed E-state index contributed by atoms with van der Waals surface area (Å²) in [6, 6.07) is 0. The van der Waals surface area contributed by atoms with Crippen LogP contribution in [0, 0.1) is 0 Å². The molecular formula is C20H39NO4. The molecule has 0 aromatic heterocycles. The minimum atomic E-state index is -0.658. The lowest BCUT2D eigenvalue weighted by atomic mass is 10.1. The number of aliphatic hydroxyl groups is 2. The second kappa shape index (κ2) is 14.5. The number of carbonyl (C=O) groups is 1. The van der Waals surface area contributed by atoms with Gasteiger partial charge in [-0.3, -0.25) is 4.79 Å². The van der Waals surface area contributed by atoms with Crippen LogP contribution in [-0.4, -0.2) is 47.6 Å². The monoisotopic (exact) mass is 357 g/mol. The van der Waals surface area contributed by atoms with Crippen LogP contribution in [0.3, 0.4) is 0 Å². The third kappa shape index (κ3) is 10.8. The van der Waals surface area contributed by atoms with Crippen LogP contribution in [0.25, 0.3) is 0 Å². The Labute approximate surface area is 153 Å². The van der Waals surface area contributed by atoms with E-state index in [2.05, 4.69) is 12.2 Å². The van der Waals surface area contributed by atoms with Crippen LogP contribution < -0.4 is 5.32 Å². The van der Waals surface area contributed by atoms with E-state index in [4.69, 9.17) is 9.84 Å². The standard InChI is InChI=1S/C20H39NO4/c1-2-3-4-5-6-7-8-9-10-11-12-13-21-20(24)15-17-14-18(23)19(16-22)25-17/h17-19,22-23H,2-16H2,1H3,(H,21,24)/t17-,18?,19?/m0/s1. The van der Waals surface area contributed by atoms with Gasteiger partial charge in [-0.1, -0.05) is 71.1 Å². The van der Waals surface area contributed by atoms with Gasteiger partial charge in [0, 0.05) is 13.0 Å². The molecule has 0 radical (unpaired) electrons. The van der Waals surface area contributed by atoms with Crippen molar-refractivity contribution in [1.29, 1.82) is 0 Å². The highest BCUT2D eigenvalue weighted by atomic mass is 16.5. The van der Waals surface area contributed by atoms with Crippen LogP contribution in [0.1, 0.15) is 90.4 Å². The van der Waals surface area contributed by atoms with Crippen molar-refractivity contribution in [3.63, 3.8) is 0 Å². The van der Waals surface area contributed by atoms with Gasteiger partial charge in [0.2, 0.25) is 5.91 Å². The molecule has 1 saturated heterocycles. The number of hydrogen-bond acceptors (Lipinski definition) is 4. The highest BCUT2D eigenvalue weighted by Gasteiger charge is 2.34. The zero-order valence-corrected chi connectivity index (χ0v) is 16.0. The van der Waals surface area contributed by atoms with E-state index in [1.807, 2.05) is 0 Å². The molecular weight excluding hydrogens is 318 g/mol. The molecule has 0 spiro atoms. The second-order valence-electron chi connectivity index (χ2n) is 7.37. The van der Waals surface area contributed by atoms with E-state index in [1.54, 1.807) is 0 Å². The first-order valence-corrected chi connectivity index (χ1v) is 10.4. The Hall–Kier alpha value is -0.650. The molecule has 1 aliphatic rings. The van der Waals surface area contributed by atoms with Gasteiger partial charge in [0.25, 0.3) is 0 Å². The molecule has 1 amide bonds. The first-order valence-electron chi connectivity index (χ1n) is 10.4. The average molecular weight is 358 g/mol. The SMILES string of the molecule is CCCCCCCCCCCCCNC(=O)C[C@@H]1CC(O)C(CO)O1. The summed E-state index contributed by atoms with van der Waals surface area (Å²) in [5.41, 5.74) is 0. The molecule has 5 heteroatoms. The second-order valence-corrected chi connectivity index (χ2v) is 7.37. The van der Waals surface area contributed by atoms with E-state index < -0.39 is 12.2 Å². The molecule has 5 nitrogen and oxygen atoms in total. The van der Waals surface area contributed by atoms with Gasteiger partial charge in [0.05, 0.1) is 25.2 Å². The van der Waals surface area contributed by atoms with Crippen molar-refractivity contribution >= 4 is 5.91 Å². The maximum atomic E-state index is 11.8. The molecule has 0 aromatic rings. The Kier molecular flexibility index (Phi) is 13.0. The molecule has 3 atom stereocenters. The van der Waals surface area contributed by atoms with Crippen LogP contribution in [0.2, 0.25) is 0 Å². The van der Waals surface area contributed by atoms with Crippen molar-refractivity contribution in [2.45, 2.75) is 109 Å². The van der Waals surface area contributed by atoms with Crippen molar-refractivity contribution < 1.29 is 19.7 Å². The van der Waals surface area contributed by atoms with Gasteiger partial charge >= 0.3 is 0 Å². The molecule has 1 fully saturated rings. The van der Waals surface area contributed by atoms with Crippen LogP contribution in [-0.2, 0) is 9.53 Å². The lowest BCUT2D eigenvalue weighted by Gasteiger charge is -2.12. The molecule has 2 unspecified atom stereocenters. The summed E-state index contributed by atoms with van der Waals surface area (Å²) in [7, 11) is 0. The lowest BCUT2D eigenvalue weighted by Crippen LogP contribution is -2.28. The highest BCUT2D eigenvalue weighted by Crippen LogP contribution is 2.22. The van der Waals surface area contributed by atoms with E-state index in [-0.39, 0.29) is 25.0 Å². The van der Waals surface area contributed by atoms with Crippen molar-refractivity contribution in [1.82, 2.24) is 5.32 Å². The summed E-state index contributed by atoms with van der Waals surface area (Å²) >= 11 is 0. The number of nitrogens with one attached hydrogen (secondary N) is 1. The van der Waals surface area contributed by atoms with E-state index in [9.17, 15) is 9.90 Å². The molecule has 3 N–H and O–H groups in total. The number of aliphatic hydroxyl groups excluding tert-OH is 2. The van der Waals surface area contributed by atoms with Crippen LogP contribution in [0.4, 0.5) is 0 Å². The molecule has 1 rings (SSSR count). The predicted molar refractivity (Wildman–Crippen MR) is 100 cm³/mol. The molecule has 25 heavy (non-hydrogen) atoms. The number of carbonyl (C=O) groups excluding carboxylic acids is 1. The molecule has 148 valence electrons. The number of hydrogen-bond donors (Lipinski definition) is 3. The maximum Gasteiger partial charge on any atom is 0.222 e. The summed E-state index contributed by atoms with van der Waals surface area (Å²) in [5, 5.41) is 21.6. The molecule has 0 aliphatic carbocycles. The Morgan fingerprint density at radius 1 is 1.00 bits per heavy atom. The minimum absolute atomic E-state index is 0.0251. The largest absolute Gasteiger partial charge is 0.394 e. The van der Waals surface area contributed by atoms with Crippen molar-refractivity contribution in [3.8, 4) is 0 Å². The molecule has 1 heterocycles. The van der Waals surface area contributed by atoms with Gasteiger partial charge in [-0.25, -0.2) is 0 Å². The summed E-state index contributed by atoms with van der Waals surface area (Å²) in [6.07, 6.45) is 13.5. The fourth-order valence-corrected chi connectivity index (χ4v) is 3.41. The summed E-state index contributed by atoms with van der Waals surface area (Å²) in [5.74, 6) is -0.0251. The number of amides is 1. The van der Waals surface area contributed by atoms with Crippen LogP contribution in [0.15, 0.2) is 0 Å². The first-order chi connectivity index (χ1) is 12.2. The molecule has 1 aliphatic heterocycles. The summed E-state index contributed by atoms with van der Waals surface area (Å²) < 4.78 is 5.45. The van der Waals surface area contributed by atoms with Crippen molar-refractivity contribution in [2.24, 2.45) is 0 Å². The molecule has 0 aromatic carbocycles. The third-order valence-electron chi connectivity index (χ3n) is 5.00. The summed E-state index contributed by atoms with van der Waals surface area (Å²) in [6.45, 7) is 2.77. The third-order valence-corrected chi connectivity index (χ3v) is 5.00. The van der Waals surface area contributed by atoms with Gasteiger partial charge in [0.15, 0.2) is 0 Å². The first kappa shape index (κ1) is 22.4.